The summed E-state index contributed by atoms with van der Waals surface area (Å²) in [6.45, 7) is 5.50. The first-order valence-electron chi connectivity index (χ1n) is 7.18. The highest BCUT2D eigenvalue weighted by atomic mass is 16.1. The maximum absolute atomic E-state index is 11.1. The average Bonchev–Trinajstić information content (AvgIpc) is 2.79. The SMILES string of the molecule is CC(CN1CCC(C(N)=O)C1)C1CCCCC1. The van der Waals surface area contributed by atoms with Crippen molar-refractivity contribution in [3.63, 3.8) is 0 Å². The number of carbonyl (C=O) groups is 1. The lowest BCUT2D eigenvalue weighted by Crippen LogP contribution is -2.32. The van der Waals surface area contributed by atoms with Gasteiger partial charge in [0.2, 0.25) is 5.91 Å². The van der Waals surface area contributed by atoms with E-state index in [1.54, 1.807) is 0 Å². The molecule has 0 radical (unpaired) electrons. The van der Waals surface area contributed by atoms with Crippen LogP contribution in [0.25, 0.3) is 0 Å². The lowest BCUT2D eigenvalue weighted by molar-refractivity contribution is -0.121. The normalized spacial score (nSPS) is 29.4. The predicted molar refractivity (Wildman–Crippen MR) is 69.5 cm³/mol. The molecule has 1 aliphatic heterocycles. The number of hydrogen-bond acceptors (Lipinski definition) is 2. The molecule has 0 aromatic rings. The second-order valence-electron chi connectivity index (χ2n) is 6.02. The molecule has 1 saturated carbocycles. The van der Waals surface area contributed by atoms with Crippen molar-refractivity contribution in [2.24, 2.45) is 23.5 Å². The summed E-state index contributed by atoms with van der Waals surface area (Å²) < 4.78 is 0. The fourth-order valence-corrected chi connectivity index (χ4v) is 3.49. The molecule has 2 unspecified atom stereocenters. The number of primary amides is 1. The van der Waals surface area contributed by atoms with Crippen LogP contribution in [0, 0.1) is 17.8 Å². The van der Waals surface area contributed by atoms with Gasteiger partial charge in [-0.3, -0.25) is 4.79 Å². The summed E-state index contributed by atoms with van der Waals surface area (Å²) in [5.41, 5.74) is 5.37. The zero-order chi connectivity index (χ0) is 12.3. The van der Waals surface area contributed by atoms with Crippen LogP contribution in [0.15, 0.2) is 0 Å². The van der Waals surface area contributed by atoms with Gasteiger partial charge < -0.3 is 10.6 Å². The first kappa shape index (κ1) is 12.9. The van der Waals surface area contributed by atoms with Crippen LogP contribution in [-0.2, 0) is 4.79 Å². The quantitative estimate of drug-likeness (QED) is 0.814. The third-order valence-corrected chi connectivity index (χ3v) is 4.68. The Labute approximate surface area is 105 Å². The van der Waals surface area contributed by atoms with Gasteiger partial charge >= 0.3 is 0 Å². The van der Waals surface area contributed by atoms with Crippen LogP contribution in [0.5, 0.6) is 0 Å². The number of nitrogens with zero attached hydrogens (tertiary/aromatic N) is 1. The van der Waals surface area contributed by atoms with Gasteiger partial charge in [0, 0.05) is 13.1 Å². The van der Waals surface area contributed by atoms with Crippen molar-refractivity contribution in [1.29, 1.82) is 0 Å². The van der Waals surface area contributed by atoms with E-state index in [9.17, 15) is 4.79 Å². The summed E-state index contributed by atoms with van der Waals surface area (Å²) in [6, 6.07) is 0. The predicted octanol–water partition coefficient (Wildman–Crippen LogP) is 2.01. The summed E-state index contributed by atoms with van der Waals surface area (Å²) in [4.78, 5) is 13.6. The Balaban J connectivity index is 1.75. The third kappa shape index (κ3) is 3.44. The molecule has 1 amide bonds. The Hall–Kier alpha value is -0.570. The van der Waals surface area contributed by atoms with E-state index in [1.807, 2.05) is 0 Å². The third-order valence-electron chi connectivity index (χ3n) is 4.68. The van der Waals surface area contributed by atoms with Gasteiger partial charge in [-0.25, -0.2) is 0 Å². The van der Waals surface area contributed by atoms with E-state index >= 15 is 0 Å². The molecular formula is C14H26N2O. The number of rotatable bonds is 4. The Kier molecular flexibility index (Phi) is 4.43. The number of nitrogens with two attached hydrogens (primary N) is 1. The van der Waals surface area contributed by atoms with Crippen molar-refractivity contribution < 1.29 is 4.79 Å². The van der Waals surface area contributed by atoms with Crippen molar-refractivity contribution in [2.45, 2.75) is 45.4 Å². The Bertz CT molecular complexity index is 261. The van der Waals surface area contributed by atoms with E-state index < -0.39 is 0 Å². The molecule has 2 aliphatic rings. The molecule has 2 fully saturated rings. The van der Waals surface area contributed by atoms with Gasteiger partial charge in [0.25, 0.3) is 0 Å². The molecule has 98 valence electrons. The molecule has 2 atom stereocenters. The fourth-order valence-electron chi connectivity index (χ4n) is 3.49. The second-order valence-corrected chi connectivity index (χ2v) is 6.02. The van der Waals surface area contributed by atoms with Crippen molar-refractivity contribution in [1.82, 2.24) is 4.90 Å². The molecule has 1 aliphatic carbocycles. The van der Waals surface area contributed by atoms with E-state index in [-0.39, 0.29) is 11.8 Å². The summed E-state index contributed by atoms with van der Waals surface area (Å²) in [5, 5.41) is 0. The first-order valence-corrected chi connectivity index (χ1v) is 7.18. The van der Waals surface area contributed by atoms with Crippen molar-refractivity contribution in [3.05, 3.63) is 0 Å². The van der Waals surface area contributed by atoms with E-state index in [0.29, 0.717) is 0 Å². The molecule has 3 nitrogen and oxygen atoms in total. The second kappa shape index (κ2) is 5.85. The van der Waals surface area contributed by atoms with E-state index in [1.165, 1.54) is 32.1 Å². The van der Waals surface area contributed by atoms with E-state index in [0.717, 1.165) is 37.9 Å². The topological polar surface area (TPSA) is 46.3 Å². The maximum atomic E-state index is 11.1. The number of likely N-dealkylation sites (tertiary alicyclic amines) is 1. The molecule has 17 heavy (non-hydrogen) atoms. The Morgan fingerprint density at radius 1 is 1.29 bits per heavy atom. The van der Waals surface area contributed by atoms with Gasteiger partial charge in [-0.2, -0.15) is 0 Å². The van der Waals surface area contributed by atoms with Crippen LogP contribution in [0.3, 0.4) is 0 Å². The molecular weight excluding hydrogens is 212 g/mol. The molecule has 0 bridgehead atoms. The lowest BCUT2D eigenvalue weighted by atomic mass is 9.81. The Morgan fingerprint density at radius 3 is 2.59 bits per heavy atom. The van der Waals surface area contributed by atoms with Gasteiger partial charge in [-0.05, 0) is 24.8 Å². The summed E-state index contributed by atoms with van der Waals surface area (Å²) >= 11 is 0. The van der Waals surface area contributed by atoms with Crippen LogP contribution in [0.4, 0.5) is 0 Å². The Morgan fingerprint density at radius 2 is 2.00 bits per heavy atom. The molecule has 2 rings (SSSR count). The fraction of sp³-hybridized carbons (Fsp3) is 0.929. The summed E-state index contributed by atoms with van der Waals surface area (Å²) in [7, 11) is 0. The van der Waals surface area contributed by atoms with Gasteiger partial charge in [0.1, 0.15) is 0 Å². The molecule has 1 saturated heterocycles. The van der Waals surface area contributed by atoms with E-state index in [4.69, 9.17) is 5.73 Å². The first-order chi connectivity index (χ1) is 8.16. The smallest absolute Gasteiger partial charge is 0.221 e. The van der Waals surface area contributed by atoms with Crippen LogP contribution in [0.2, 0.25) is 0 Å². The van der Waals surface area contributed by atoms with Crippen LogP contribution < -0.4 is 5.73 Å². The van der Waals surface area contributed by atoms with Gasteiger partial charge in [-0.15, -0.1) is 0 Å². The number of amides is 1. The van der Waals surface area contributed by atoms with Gasteiger partial charge in [0.05, 0.1) is 5.92 Å². The highest BCUT2D eigenvalue weighted by Gasteiger charge is 2.29. The summed E-state index contributed by atoms with van der Waals surface area (Å²) in [6.07, 6.45) is 8.05. The monoisotopic (exact) mass is 238 g/mol. The van der Waals surface area contributed by atoms with Crippen LogP contribution >= 0.6 is 0 Å². The number of hydrogen-bond donors (Lipinski definition) is 1. The van der Waals surface area contributed by atoms with E-state index in [2.05, 4.69) is 11.8 Å². The molecule has 0 spiro atoms. The molecule has 1 heterocycles. The minimum Gasteiger partial charge on any atom is -0.369 e. The standard InChI is InChI=1S/C14H26N2O/c1-11(12-5-3-2-4-6-12)9-16-8-7-13(10-16)14(15)17/h11-13H,2-10H2,1H3,(H2,15,17). The molecule has 2 N–H and O–H groups in total. The molecule has 0 aromatic heterocycles. The summed E-state index contributed by atoms with van der Waals surface area (Å²) in [5.74, 6) is 1.68. The highest BCUT2D eigenvalue weighted by molar-refractivity contribution is 5.77. The highest BCUT2D eigenvalue weighted by Crippen LogP contribution is 2.31. The van der Waals surface area contributed by atoms with Crippen LogP contribution in [-0.4, -0.2) is 30.4 Å². The van der Waals surface area contributed by atoms with Crippen molar-refractivity contribution in [3.8, 4) is 0 Å². The average molecular weight is 238 g/mol. The maximum Gasteiger partial charge on any atom is 0.221 e. The van der Waals surface area contributed by atoms with Gasteiger partial charge in [0.15, 0.2) is 0 Å². The molecule has 3 heteroatoms. The zero-order valence-electron chi connectivity index (χ0n) is 11.0. The van der Waals surface area contributed by atoms with Crippen molar-refractivity contribution >= 4 is 5.91 Å². The molecule has 0 aromatic carbocycles. The van der Waals surface area contributed by atoms with Crippen LogP contribution in [0.1, 0.15) is 45.4 Å². The number of carbonyl (C=O) groups excluding carboxylic acids is 1. The van der Waals surface area contributed by atoms with Gasteiger partial charge in [-0.1, -0.05) is 39.0 Å². The minimum atomic E-state index is -0.113. The lowest BCUT2D eigenvalue weighted by Gasteiger charge is -2.30. The zero-order valence-corrected chi connectivity index (χ0v) is 11.0. The minimum absolute atomic E-state index is 0.105. The van der Waals surface area contributed by atoms with Crippen molar-refractivity contribution in [2.75, 3.05) is 19.6 Å². The largest absolute Gasteiger partial charge is 0.369 e.